The number of thioether (sulfide) groups is 1. The summed E-state index contributed by atoms with van der Waals surface area (Å²) in [5, 5.41) is 11.8. The van der Waals surface area contributed by atoms with Crippen LogP contribution >= 0.6 is 23.3 Å². The van der Waals surface area contributed by atoms with Crippen molar-refractivity contribution in [1.29, 1.82) is 0 Å². The molecule has 152 valence electrons. The molecule has 30 heavy (non-hydrogen) atoms. The summed E-state index contributed by atoms with van der Waals surface area (Å²) >= 11 is 2.79. The van der Waals surface area contributed by atoms with Gasteiger partial charge in [-0.25, -0.2) is 4.68 Å². The molecule has 1 N–H and O–H groups in total. The molecule has 0 saturated heterocycles. The molecule has 4 rings (SSSR count). The van der Waals surface area contributed by atoms with Crippen LogP contribution in [0.4, 0.5) is 5.13 Å². The molecule has 0 atom stereocenters. The van der Waals surface area contributed by atoms with Crippen molar-refractivity contribution in [3.05, 3.63) is 64.8 Å². The smallest absolute Gasteiger partial charge is 0.257 e. The van der Waals surface area contributed by atoms with E-state index in [0.29, 0.717) is 22.2 Å². The molecule has 7 nitrogen and oxygen atoms in total. The van der Waals surface area contributed by atoms with Crippen molar-refractivity contribution in [2.45, 2.75) is 25.7 Å². The first-order valence-electron chi connectivity index (χ1n) is 9.25. The Morgan fingerprint density at radius 1 is 1.10 bits per heavy atom. The number of anilines is 1. The van der Waals surface area contributed by atoms with Crippen LogP contribution in [-0.4, -0.2) is 36.5 Å². The Morgan fingerprint density at radius 3 is 2.70 bits per heavy atom. The van der Waals surface area contributed by atoms with E-state index >= 15 is 0 Å². The van der Waals surface area contributed by atoms with Crippen molar-refractivity contribution in [2.75, 3.05) is 11.6 Å². The normalized spacial score (nSPS) is 10.9. The highest BCUT2D eigenvalue weighted by molar-refractivity contribution is 7.98. The number of nitrogens with zero attached hydrogens (tertiary/aromatic N) is 5. The molecule has 0 radical (unpaired) electrons. The molecule has 0 saturated carbocycles. The van der Waals surface area contributed by atoms with E-state index in [4.69, 9.17) is 0 Å². The SMILES string of the molecule is CSc1cccc(-n2nnc(-c3nsc(NC(=O)c4ccc(C)c(C)c4)n3)c2C)c1. The van der Waals surface area contributed by atoms with Crippen LogP contribution in [0.2, 0.25) is 0 Å². The van der Waals surface area contributed by atoms with Gasteiger partial charge in [0, 0.05) is 22.0 Å². The zero-order valence-corrected chi connectivity index (χ0v) is 18.6. The molecule has 4 aromatic rings. The van der Waals surface area contributed by atoms with Crippen molar-refractivity contribution >= 4 is 34.3 Å². The van der Waals surface area contributed by atoms with Crippen LogP contribution < -0.4 is 5.32 Å². The van der Waals surface area contributed by atoms with Crippen LogP contribution in [0.25, 0.3) is 17.2 Å². The van der Waals surface area contributed by atoms with Crippen LogP contribution in [-0.2, 0) is 0 Å². The summed E-state index contributed by atoms with van der Waals surface area (Å²) in [5.74, 6) is 0.232. The monoisotopic (exact) mass is 436 g/mol. The lowest BCUT2D eigenvalue weighted by Crippen LogP contribution is -2.12. The van der Waals surface area contributed by atoms with Crippen molar-refractivity contribution < 1.29 is 4.79 Å². The molecule has 9 heteroatoms. The minimum absolute atomic E-state index is 0.213. The predicted molar refractivity (Wildman–Crippen MR) is 121 cm³/mol. The van der Waals surface area contributed by atoms with Gasteiger partial charge >= 0.3 is 0 Å². The van der Waals surface area contributed by atoms with Gasteiger partial charge in [-0.1, -0.05) is 17.3 Å². The third-order valence-corrected chi connectivity index (χ3v) is 6.18. The van der Waals surface area contributed by atoms with Gasteiger partial charge in [0.25, 0.3) is 5.91 Å². The maximum absolute atomic E-state index is 12.5. The summed E-state index contributed by atoms with van der Waals surface area (Å²) in [6.45, 7) is 5.92. The van der Waals surface area contributed by atoms with Gasteiger partial charge in [-0.15, -0.1) is 16.9 Å². The molecule has 0 aliphatic carbocycles. The van der Waals surface area contributed by atoms with E-state index in [-0.39, 0.29) is 5.91 Å². The lowest BCUT2D eigenvalue weighted by atomic mass is 10.1. The van der Waals surface area contributed by atoms with E-state index in [1.165, 1.54) is 0 Å². The molecule has 2 aromatic carbocycles. The first-order chi connectivity index (χ1) is 14.5. The summed E-state index contributed by atoms with van der Waals surface area (Å²) in [6, 6.07) is 13.7. The van der Waals surface area contributed by atoms with E-state index in [9.17, 15) is 4.79 Å². The third kappa shape index (κ3) is 3.99. The Bertz CT molecular complexity index is 1230. The number of carbonyl (C=O) groups excluding carboxylic acids is 1. The third-order valence-electron chi connectivity index (χ3n) is 4.82. The Balaban J connectivity index is 1.56. The van der Waals surface area contributed by atoms with E-state index < -0.39 is 0 Å². The average molecular weight is 437 g/mol. The van der Waals surface area contributed by atoms with Crippen LogP contribution in [0.5, 0.6) is 0 Å². The number of hydrogen-bond donors (Lipinski definition) is 1. The van der Waals surface area contributed by atoms with Gasteiger partial charge in [0.05, 0.1) is 11.4 Å². The lowest BCUT2D eigenvalue weighted by molar-refractivity contribution is 0.102. The average Bonchev–Trinajstić information content (AvgIpc) is 3.36. The summed E-state index contributed by atoms with van der Waals surface area (Å²) in [7, 11) is 0. The first kappa shape index (κ1) is 20.2. The fraction of sp³-hybridized carbons (Fsp3) is 0.190. The molecule has 0 unspecified atom stereocenters. The molecule has 2 aromatic heterocycles. The number of hydrogen-bond acceptors (Lipinski definition) is 7. The molecule has 0 aliphatic heterocycles. The summed E-state index contributed by atoms with van der Waals surface area (Å²) in [4.78, 5) is 18.1. The number of benzene rings is 2. The van der Waals surface area contributed by atoms with E-state index in [1.807, 2.05) is 57.4 Å². The van der Waals surface area contributed by atoms with Crippen molar-refractivity contribution in [2.24, 2.45) is 0 Å². The maximum atomic E-state index is 12.5. The molecule has 0 aliphatic rings. The fourth-order valence-corrected chi connectivity index (χ4v) is 3.96. The van der Waals surface area contributed by atoms with Gasteiger partial charge in [0.15, 0.2) is 11.5 Å². The largest absolute Gasteiger partial charge is 0.297 e. The van der Waals surface area contributed by atoms with Crippen LogP contribution in [0.1, 0.15) is 27.2 Å². The predicted octanol–water partition coefficient (Wildman–Crippen LogP) is 4.69. The van der Waals surface area contributed by atoms with E-state index in [1.54, 1.807) is 22.5 Å². The van der Waals surface area contributed by atoms with Gasteiger partial charge in [-0.05, 0) is 68.5 Å². The number of amides is 1. The number of aromatic nitrogens is 5. The second-order valence-electron chi connectivity index (χ2n) is 6.81. The van der Waals surface area contributed by atoms with Gasteiger partial charge in [-0.3, -0.25) is 10.1 Å². The van der Waals surface area contributed by atoms with Crippen molar-refractivity contribution in [3.8, 4) is 17.2 Å². The Labute approximate surface area is 182 Å². The zero-order chi connectivity index (χ0) is 21.3. The standard InChI is InChI=1S/C21H20N6OS2/c1-12-8-9-15(10-13(12)2)20(28)23-21-22-19(25-30-21)18-14(3)27(26-24-18)16-6-5-7-17(11-16)29-4/h5-11H,1-4H3,(H,22,23,25,28). The number of carbonyl (C=O) groups is 1. The van der Waals surface area contributed by atoms with E-state index in [0.717, 1.165) is 38.9 Å². The lowest BCUT2D eigenvalue weighted by Gasteiger charge is -2.05. The Kier molecular flexibility index (Phi) is 5.65. The minimum Gasteiger partial charge on any atom is -0.297 e. The molecule has 0 spiro atoms. The van der Waals surface area contributed by atoms with Gasteiger partial charge < -0.3 is 0 Å². The van der Waals surface area contributed by atoms with Crippen LogP contribution in [0.15, 0.2) is 47.4 Å². The summed E-state index contributed by atoms with van der Waals surface area (Å²) < 4.78 is 6.13. The van der Waals surface area contributed by atoms with Crippen LogP contribution in [0.3, 0.4) is 0 Å². The van der Waals surface area contributed by atoms with Crippen molar-refractivity contribution in [1.82, 2.24) is 24.4 Å². The topological polar surface area (TPSA) is 85.6 Å². The van der Waals surface area contributed by atoms with Gasteiger partial charge in [-0.2, -0.15) is 9.36 Å². The first-order valence-corrected chi connectivity index (χ1v) is 11.3. The van der Waals surface area contributed by atoms with Gasteiger partial charge in [0.2, 0.25) is 5.13 Å². The highest BCUT2D eigenvalue weighted by atomic mass is 32.2. The second kappa shape index (κ2) is 8.37. The molecule has 1 amide bonds. The second-order valence-corrected chi connectivity index (χ2v) is 8.44. The number of rotatable bonds is 5. The van der Waals surface area contributed by atoms with Crippen molar-refractivity contribution in [3.63, 3.8) is 0 Å². The fourth-order valence-electron chi connectivity index (χ4n) is 2.95. The van der Waals surface area contributed by atoms with Gasteiger partial charge in [0.1, 0.15) is 0 Å². The molecular formula is C21H20N6OS2. The summed E-state index contributed by atoms with van der Waals surface area (Å²) in [6.07, 6.45) is 2.03. The van der Waals surface area contributed by atoms with E-state index in [2.05, 4.69) is 31.1 Å². The molecule has 0 fully saturated rings. The Hall–Kier alpha value is -3.04. The Morgan fingerprint density at radius 2 is 1.93 bits per heavy atom. The minimum atomic E-state index is -0.213. The summed E-state index contributed by atoms with van der Waals surface area (Å²) in [5.41, 5.74) is 5.15. The number of nitrogens with one attached hydrogen (secondary N) is 1. The van der Waals surface area contributed by atoms with Crippen LogP contribution in [0, 0.1) is 20.8 Å². The highest BCUT2D eigenvalue weighted by Crippen LogP contribution is 2.25. The maximum Gasteiger partial charge on any atom is 0.257 e. The quantitative estimate of drug-likeness (QED) is 0.457. The molecule has 2 heterocycles. The zero-order valence-electron chi connectivity index (χ0n) is 17.0. The molecule has 0 bridgehead atoms. The number of aryl methyl sites for hydroxylation is 2. The highest BCUT2D eigenvalue weighted by Gasteiger charge is 2.18. The molecular weight excluding hydrogens is 416 g/mol.